The molecule has 1 aliphatic rings. The summed E-state index contributed by atoms with van der Waals surface area (Å²) in [6.07, 6.45) is 1.03. The fraction of sp³-hybridized carbons (Fsp3) is 0.929. The normalized spacial score (nSPS) is 25.7. The van der Waals surface area contributed by atoms with Crippen molar-refractivity contribution in [3.63, 3.8) is 0 Å². The van der Waals surface area contributed by atoms with Crippen molar-refractivity contribution in [3.8, 4) is 0 Å². The molecule has 1 rings (SSSR count). The second kappa shape index (κ2) is 7.93. The molecule has 1 aliphatic heterocycles. The fourth-order valence-corrected chi connectivity index (χ4v) is 2.49. The number of amides is 1. The number of carbonyl (C=O) groups is 1. The zero-order valence-corrected chi connectivity index (χ0v) is 13.1. The van der Waals surface area contributed by atoms with Crippen molar-refractivity contribution >= 4 is 5.91 Å². The Hall–Kier alpha value is -0.690. The van der Waals surface area contributed by atoms with Crippen LogP contribution in [0.1, 0.15) is 20.3 Å². The van der Waals surface area contributed by atoms with Crippen molar-refractivity contribution in [1.29, 1.82) is 0 Å². The molecule has 118 valence electrons. The van der Waals surface area contributed by atoms with Crippen molar-refractivity contribution in [2.75, 3.05) is 46.9 Å². The number of nitrogens with one attached hydrogen (secondary N) is 2. The molecule has 0 aromatic carbocycles. The predicted octanol–water partition coefficient (Wildman–Crippen LogP) is -0.570. The van der Waals surface area contributed by atoms with E-state index in [1.807, 2.05) is 19.0 Å². The standard InChI is InChI=1S/C14H29N3O3/c1-5-6-15-12-8-20-7-11(12)13(18)16-9-14(2,19)10-17(3)4/h11-12,15,19H,5-10H2,1-4H3,(H,16,18). The molecule has 6 nitrogen and oxygen atoms in total. The number of ether oxygens (including phenoxy) is 1. The Morgan fingerprint density at radius 1 is 1.45 bits per heavy atom. The lowest BCUT2D eigenvalue weighted by Gasteiger charge is -2.28. The van der Waals surface area contributed by atoms with Gasteiger partial charge in [0.15, 0.2) is 0 Å². The van der Waals surface area contributed by atoms with Crippen LogP contribution in [0, 0.1) is 5.92 Å². The maximum Gasteiger partial charge on any atom is 0.227 e. The molecule has 0 bridgehead atoms. The van der Waals surface area contributed by atoms with Gasteiger partial charge >= 0.3 is 0 Å². The summed E-state index contributed by atoms with van der Waals surface area (Å²) >= 11 is 0. The van der Waals surface area contributed by atoms with Gasteiger partial charge in [0, 0.05) is 19.1 Å². The number of likely N-dealkylation sites (N-methyl/N-ethyl adjacent to an activating group) is 1. The summed E-state index contributed by atoms with van der Waals surface area (Å²) in [6.45, 7) is 6.49. The lowest BCUT2D eigenvalue weighted by molar-refractivity contribution is -0.126. The van der Waals surface area contributed by atoms with E-state index in [4.69, 9.17) is 4.74 Å². The van der Waals surface area contributed by atoms with Crippen LogP contribution in [0.25, 0.3) is 0 Å². The van der Waals surface area contributed by atoms with E-state index in [0.717, 1.165) is 13.0 Å². The SMILES string of the molecule is CCCNC1COCC1C(=O)NCC(C)(O)CN(C)C. The van der Waals surface area contributed by atoms with Crippen LogP contribution in [0.2, 0.25) is 0 Å². The van der Waals surface area contributed by atoms with E-state index in [1.165, 1.54) is 0 Å². The second-order valence-corrected chi connectivity index (χ2v) is 6.16. The molecule has 3 atom stereocenters. The number of hydrogen-bond acceptors (Lipinski definition) is 5. The van der Waals surface area contributed by atoms with Gasteiger partial charge in [-0.1, -0.05) is 6.92 Å². The van der Waals surface area contributed by atoms with Gasteiger partial charge in [-0.3, -0.25) is 4.79 Å². The summed E-state index contributed by atoms with van der Waals surface area (Å²) in [5.41, 5.74) is -0.926. The first-order valence-electron chi connectivity index (χ1n) is 7.31. The largest absolute Gasteiger partial charge is 0.387 e. The molecule has 1 heterocycles. The van der Waals surface area contributed by atoms with E-state index >= 15 is 0 Å². The summed E-state index contributed by atoms with van der Waals surface area (Å²) in [6, 6.07) is 0.0775. The molecule has 1 fully saturated rings. The molecule has 0 aromatic rings. The van der Waals surface area contributed by atoms with Gasteiger partial charge in [-0.25, -0.2) is 0 Å². The summed E-state index contributed by atoms with van der Waals surface area (Å²) in [5.74, 6) is -0.216. The highest BCUT2D eigenvalue weighted by Gasteiger charge is 2.34. The Balaban J connectivity index is 2.41. The van der Waals surface area contributed by atoms with Gasteiger partial charge < -0.3 is 25.4 Å². The number of hydrogen-bond donors (Lipinski definition) is 3. The molecule has 0 spiro atoms. The number of carbonyl (C=O) groups excluding carboxylic acids is 1. The van der Waals surface area contributed by atoms with E-state index in [-0.39, 0.29) is 24.4 Å². The van der Waals surface area contributed by atoms with Crippen LogP contribution in [0.3, 0.4) is 0 Å². The highest BCUT2D eigenvalue weighted by molar-refractivity contribution is 5.80. The molecule has 0 aromatic heterocycles. The van der Waals surface area contributed by atoms with Crippen molar-refractivity contribution in [2.45, 2.75) is 31.9 Å². The third-order valence-corrected chi connectivity index (χ3v) is 3.37. The smallest absolute Gasteiger partial charge is 0.227 e. The third-order valence-electron chi connectivity index (χ3n) is 3.37. The highest BCUT2D eigenvalue weighted by Crippen LogP contribution is 2.14. The molecule has 0 radical (unpaired) electrons. The minimum Gasteiger partial charge on any atom is -0.387 e. The Morgan fingerprint density at radius 2 is 2.15 bits per heavy atom. The molecule has 3 unspecified atom stereocenters. The first-order chi connectivity index (χ1) is 9.35. The molecular weight excluding hydrogens is 258 g/mol. The molecule has 0 aliphatic carbocycles. The number of aliphatic hydroxyl groups is 1. The Kier molecular flexibility index (Phi) is 6.88. The monoisotopic (exact) mass is 287 g/mol. The summed E-state index contributed by atoms with van der Waals surface area (Å²) in [5, 5.41) is 16.4. The van der Waals surface area contributed by atoms with Crippen LogP contribution < -0.4 is 10.6 Å². The fourth-order valence-electron chi connectivity index (χ4n) is 2.49. The van der Waals surface area contributed by atoms with Gasteiger partial charge in [-0.15, -0.1) is 0 Å². The lowest BCUT2D eigenvalue weighted by Crippen LogP contribution is -2.50. The van der Waals surface area contributed by atoms with E-state index in [9.17, 15) is 9.90 Å². The maximum absolute atomic E-state index is 12.2. The second-order valence-electron chi connectivity index (χ2n) is 6.16. The molecule has 1 amide bonds. The van der Waals surface area contributed by atoms with Crippen molar-refractivity contribution in [3.05, 3.63) is 0 Å². The summed E-state index contributed by atoms with van der Waals surface area (Å²) in [7, 11) is 3.79. The van der Waals surface area contributed by atoms with Gasteiger partial charge in [0.05, 0.1) is 24.7 Å². The Bertz CT molecular complexity index is 308. The van der Waals surface area contributed by atoms with Crippen molar-refractivity contribution < 1.29 is 14.6 Å². The van der Waals surface area contributed by atoms with Crippen LogP contribution in [0.5, 0.6) is 0 Å². The molecular formula is C14H29N3O3. The van der Waals surface area contributed by atoms with Gasteiger partial charge in [0.1, 0.15) is 0 Å². The molecule has 3 N–H and O–H groups in total. The van der Waals surface area contributed by atoms with Crippen LogP contribution >= 0.6 is 0 Å². The van der Waals surface area contributed by atoms with Gasteiger partial charge in [-0.2, -0.15) is 0 Å². The van der Waals surface area contributed by atoms with E-state index in [2.05, 4.69) is 17.6 Å². The molecule has 6 heteroatoms. The third kappa shape index (κ3) is 5.75. The van der Waals surface area contributed by atoms with Crippen molar-refractivity contribution in [2.24, 2.45) is 5.92 Å². The zero-order chi connectivity index (χ0) is 15.2. The molecule has 0 saturated carbocycles. The van der Waals surface area contributed by atoms with E-state index < -0.39 is 5.60 Å². The number of nitrogens with zero attached hydrogens (tertiary/aromatic N) is 1. The van der Waals surface area contributed by atoms with E-state index in [1.54, 1.807) is 6.92 Å². The lowest BCUT2D eigenvalue weighted by atomic mass is 10.0. The van der Waals surface area contributed by atoms with E-state index in [0.29, 0.717) is 19.8 Å². The topological polar surface area (TPSA) is 73.8 Å². The Morgan fingerprint density at radius 3 is 2.75 bits per heavy atom. The Labute approximate surface area is 121 Å². The minimum atomic E-state index is -0.926. The van der Waals surface area contributed by atoms with Gasteiger partial charge in [0.2, 0.25) is 5.91 Å². The first kappa shape index (κ1) is 17.4. The summed E-state index contributed by atoms with van der Waals surface area (Å²) < 4.78 is 5.39. The van der Waals surface area contributed by atoms with Gasteiger partial charge in [-0.05, 0) is 34.0 Å². The summed E-state index contributed by atoms with van der Waals surface area (Å²) in [4.78, 5) is 14.1. The van der Waals surface area contributed by atoms with Crippen LogP contribution in [0.4, 0.5) is 0 Å². The first-order valence-corrected chi connectivity index (χ1v) is 7.31. The van der Waals surface area contributed by atoms with Crippen LogP contribution in [-0.2, 0) is 9.53 Å². The minimum absolute atomic E-state index is 0.0462. The maximum atomic E-state index is 12.2. The highest BCUT2D eigenvalue weighted by atomic mass is 16.5. The quantitative estimate of drug-likeness (QED) is 0.557. The van der Waals surface area contributed by atoms with Gasteiger partial charge in [0.25, 0.3) is 0 Å². The predicted molar refractivity (Wildman–Crippen MR) is 78.6 cm³/mol. The number of rotatable bonds is 8. The van der Waals surface area contributed by atoms with Crippen LogP contribution in [0.15, 0.2) is 0 Å². The zero-order valence-electron chi connectivity index (χ0n) is 13.1. The average molecular weight is 287 g/mol. The average Bonchev–Trinajstić information content (AvgIpc) is 2.80. The molecule has 1 saturated heterocycles. The van der Waals surface area contributed by atoms with Crippen LogP contribution in [-0.4, -0.2) is 74.5 Å². The molecule has 20 heavy (non-hydrogen) atoms. The van der Waals surface area contributed by atoms with Crippen molar-refractivity contribution in [1.82, 2.24) is 15.5 Å².